The van der Waals surface area contributed by atoms with E-state index >= 15 is 0 Å². The first-order chi connectivity index (χ1) is 9.19. The van der Waals surface area contributed by atoms with E-state index in [0.717, 1.165) is 27.6 Å². The van der Waals surface area contributed by atoms with Gasteiger partial charge in [0, 0.05) is 23.0 Å². The normalized spacial score (nSPS) is 10.5. The first-order valence-electron chi connectivity index (χ1n) is 5.82. The fourth-order valence-electron chi connectivity index (χ4n) is 1.46. The molecule has 0 aliphatic rings. The lowest BCUT2D eigenvalue weighted by molar-refractivity contribution is 1.10. The van der Waals surface area contributed by atoms with Crippen molar-refractivity contribution in [2.24, 2.45) is 0 Å². The van der Waals surface area contributed by atoms with Gasteiger partial charge < -0.3 is 5.32 Å². The maximum Gasteiger partial charge on any atom is 0.126 e. The molecule has 0 bridgehead atoms. The van der Waals surface area contributed by atoms with Crippen LogP contribution < -0.4 is 5.32 Å². The number of pyridine rings is 2. The van der Waals surface area contributed by atoms with Gasteiger partial charge in [-0.25, -0.2) is 9.97 Å². The van der Waals surface area contributed by atoms with E-state index in [-0.39, 0.29) is 0 Å². The Morgan fingerprint density at radius 2 is 2.16 bits per heavy atom. The second kappa shape index (κ2) is 7.12. The smallest absolute Gasteiger partial charge is 0.126 e. The predicted molar refractivity (Wildman–Crippen MR) is 84.9 cm³/mol. The van der Waals surface area contributed by atoms with Gasteiger partial charge in [0.25, 0.3) is 0 Å². The minimum atomic E-state index is 0.686. The van der Waals surface area contributed by atoms with Gasteiger partial charge in [0.15, 0.2) is 0 Å². The summed E-state index contributed by atoms with van der Waals surface area (Å²) in [6.07, 6.45) is 1.78. The molecule has 0 saturated carbocycles. The molecule has 6 heteroatoms. The van der Waals surface area contributed by atoms with Crippen LogP contribution in [0.15, 0.2) is 40.0 Å². The summed E-state index contributed by atoms with van der Waals surface area (Å²) in [6.45, 7) is 2.88. The summed E-state index contributed by atoms with van der Waals surface area (Å²) in [5, 5.41) is 4.82. The summed E-state index contributed by atoms with van der Waals surface area (Å²) < 4.78 is 0.974. The number of rotatable bonds is 5. The molecule has 0 fully saturated rings. The van der Waals surface area contributed by atoms with Gasteiger partial charge in [0.2, 0.25) is 0 Å². The van der Waals surface area contributed by atoms with Gasteiger partial charge in [0.1, 0.15) is 5.82 Å². The standard InChI is InChI=1S/C13H13BrClN3S/c1-2-16-12-5-4-10(15)11(18-12)8-19-13-6-3-9(14)7-17-13/h3-7H,2,8H2,1H3,(H,16,18). The van der Waals surface area contributed by atoms with Crippen molar-refractivity contribution < 1.29 is 0 Å². The van der Waals surface area contributed by atoms with Crippen molar-refractivity contribution in [3.8, 4) is 0 Å². The molecule has 1 N–H and O–H groups in total. The molecule has 0 aliphatic carbocycles. The molecule has 100 valence electrons. The van der Waals surface area contributed by atoms with Gasteiger partial charge in [-0.15, -0.1) is 0 Å². The van der Waals surface area contributed by atoms with Crippen LogP contribution in [0.4, 0.5) is 5.82 Å². The zero-order valence-corrected chi connectivity index (χ0v) is 13.5. The fraction of sp³-hybridized carbons (Fsp3) is 0.231. The molecule has 0 spiro atoms. The van der Waals surface area contributed by atoms with Gasteiger partial charge >= 0.3 is 0 Å². The number of anilines is 1. The molecule has 0 saturated heterocycles. The van der Waals surface area contributed by atoms with Gasteiger partial charge in [-0.1, -0.05) is 23.4 Å². The summed E-state index contributed by atoms with van der Waals surface area (Å²) in [4.78, 5) is 8.81. The highest BCUT2D eigenvalue weighted by atomic mass is 79.9. The number of halogens is 2. The quantitative estimate of drug-likeness (QED) is 0.792. The van der Waals surface area contributed by atoms with Crippen LogP contribution in [0.3, 0.4) is 0 Å². The minimum absolute atomic E-state index is 0.686. The molecule has 0 aliphatic heterocycles. The molecular weight excluding hydrogens is 346 g/mol. The largest absolute Gasteiger partial charge is 0.370 e. The summed E-state index contributed by atoms with van der Waals surface area (Å²) in [5.74, 6) is 1.55. The van der Waals surface area contributed by atoms with Crippen molar-refractivity contribution in [2.45, 2.75) is 17.7 Å². The van der Waals surface area contributed by atoms with E-state index in [1.807, 2.05) is 31.2 Å². The Morgan fingerprint density at radius 3 is 2.84 bits per heavy atom. The highest BCUT2D eigenvalue weighted by molar-refractivity contribution is 9.10. The summed E-state index contributed by atoms with van der Waals surface area (Å²) >= 11 is 11.1. The maximum atomic E-state index is 6.16. The molecule has 0 aromatic carbocycles. The Hall–Kier alpha value is -0.780. The molecule has 2 rings (SSSR count). The zero-order chi connectivity index (χ0) is 13.7. The van der Waals surface area contributed by atoms with Crippen molar-refractivity contribution in [3.05, 3.63) is 45.7 Å². The second-order valence-corrected chi connectivity index (χ2v) is 6.08. The van der Waals surface area contributed by atoms with Crippen LogP contribution in [0.5, 0.6) is 0 Å². The topological polar surface area (TPSA) is 37.8 Å². The van der Waals surface area contributed by atoms with Gasteiger partial charge in [0.05, 0.1) is 15.7 Å². The Balaban J connectivity index is 2.05. The van der Waals surface area contributed by atoms with E-state index in [0.29, 0.717) is 10.8 Å². The number of hydrogen-bond acceptors (Lipinski definition) is 4. The lowest BCUT2D eigenvalue weighted by atomic mass is 10.3. The van der Waals surface area contributed by atoms with Crippen LogP contribution >= 0.6 is 39.3 Å². The van der Waals surface area contributed by atoms with Crippen molar-refractivity contribution in [2.75, 3.05) is 11.9 Å². The number of hydrogen-bond donors (Lipinski definition) is 1. The third-order valence-corrected chi connectivity index (χ3v) is 4.10. The van der Waals surface area contributed by atoms with Gasteiger partial charge in [-0.3, -0.25) is 0 Å². The first-order valence-corrected chi connectivity index (χ1v) is 7.98. The van der Waals surface area contributed by atoms with E-state index in [9.17, 15) is 0 Å². The molecule has 3 nitrogen and oxygen atoms in total. The van der Waals surface area contributed by atoms with Crippen LogP contribution in [0.1, 0.15) is 12.6 Å². The maximum absolute atomic E-state index is 6.16. The van der Waals surface area contributed by atoms with E-state index in [1.54, 1.807) is 18.0 Å². The summed E-state index contributed by atoms with van der Waals surface area (Å²) in [6, 6.07) is 7.70. The number of aromatic nitrogens is 2. The minimum Gasteiger partial charge on any atom is -0.370 e. The monoisotopic (exact) mass is 357 g/mol. The highest BCUT2D eigenvalue weighted by Crippen LogP contribution is 2.26. The van der Waals surface area contributed by atoms with Crippen LogP contribution in [0.25, 0.3) is 0 Å². The predicted octanol–water partition coefficient (Wildman–Crippen LogP) is 4.62. The molecule has 0 unspecified atom stereocenters. The van der Waals surface area contributed by atoms with Crippen LogP contribution in [0.2, 0.25) is 5.02 Å². The van der Waals surface area contributed by atoms with E-state index in [1.165, 1.54) is 0 Å². The van der Waals surface area contributed by atoms with Crippen molar-refractivity contribution in [1.82, 2.24) is 9.97 Å². The Kier molecular flexibility index (Phi) is 5.48. The number of nitrogens with zero attached hydrogens (tertiary/aromatic N) is 2. The molecule has 2 heterocycles. The molecule has 0 atom stereocenters. The Labute approximate surface area is 130 Å². The molecule has 0 radical (unpaired) electrons. The third-order valence-electron chi connectivity index (χ3n) is 2.33. The second-order valence-electron chi connectivity index (χ2n) is 3.76. The van der Waals surface area contributed by atoms with Crippen molar-refractivity contribution in [1.29, 1.82) is 0 Å². The third kappa shape index (κ3) is 4.37. The van der Waals surface area contributed by atoms with Gasteiger partial charge in [-0.2, -0.15) is 0 Å². The van der Waals surface area contributed by atoms with Crippen LogP contribution in [0, 0.1) is 0 Å². The van der Waals surface area contributed by atoms with Gasteiger partial charge in [-0.05, 0) is 47.1 Å². The molecule has 2 aromatic rings. The highest BCUT2D eigenvalue weighted by Gasteiger charge is 2.05. The van der Waals surface area contributed by atoms with Crippen molar-refractivity contribution >= 4 is 45.1 Å². The Morgan fingerprint density at radius 1 is 1.32 bits per heavy atom. The molecule has 0 amide bonds. The zero-order valence-electron chi connectivity index (χ0n) is 10.4. The average molecular weight is 359 g/mol. The summed E-state index contributed by atoms with van der Waals surface area (Å²) in [5.41, 5.74) is 0.870. The fourth-order valence-corrected chi connectivity index (χ4v) is 2.74. The lowest BCUT2D eigenvalue weighted by Gasteiger charge is -2.07. The first kappa shape index (κ1) is 14.6. The lowest BCUT2D eigenvalue weighted by Crippen LogP contribution is -2.01. The Bertz CT molecular complexity index is 548. The van der Waals surface area contributed by atoms with Crippen LogP contribution in [-0.2, 0) is 5.75 Å². The molecule has 19 heavy (non-hydrogen) atoms. The van der Waals surface area contributed by atoms with E-state index in [2.05, 4.69) is 31.2 Å². The molecular formula is C13H13BrClN3S. The summed E-state index contributed by atoms with van der Waals surface area (Å²) in [7, 11) is 0. The van der Waals surface area contributed by atoms with Crippen molar-refractivity contribution in [3.63, 3.8) is 0 Å². The average Bonchev–Trinajstić information content (AvgIpc) is 2.41. The number of thioether (sulfide) groups is 1. The SMILES string of the molecule is CCNc1ccc(Cl)c(CSc2ccc(Br)cn2)n1. The van der Waals surface area contributed by atoms with E-state index in [4.69, 9.17) is 11.6 Å². The van der Waals surface area contributed by atoms with E-state index < -0.39 is 0 Å². The van der Waals surface area contributed by atoms with Crippen LogP contribution in [-0.4, -0.2) is 16.5 Å². The number of nitrogens with one attached hydrogen (secondary N) is 1. The molecule has 2 aromatic heterocycles.